The number of aryl methyl sites for hydroxylation is 1. The van der Waals surface area contributed by atoms with Gasteiger partial charge in [-0.2, -0.15) is 0 Å². The fraction of sp³-hybridized carbons (Fsp3) is 0.143. The van der Waals surface area contributed by atoms with Crippen molar-refractivity contribution in [3.63, 3.8) is 0 Å². The minimum atomic E-state index is -0.195. The van der Waals surface area contributed by atoms with Gasteiger partial charge in [0.1, 0.15) is 5.15 Å². The van der Waals surface area contributed by atoms with E-state index in [2.05, 4.69) is 10.3 Å². The lowest BCUT2D eigenvalue weighted by molar-refractivity contribution is 0.102. The number of amides is 1. The zero-order valence-electron chi connectivity index (χ0n) is 10.3. The molecule has 1 aromatic carbocycles. The second-order valence-electron chi connectivity index (χ2n) is 4.06. The molecule has 3 nitrogen and oxygen atoms in total. The summed E-state index contributed by atoms with van der Waals surface area (Å²) in [7, 11) is 0. The second kappa shape index (κ2) is 6.04. The molecule has 0 unspecified atom stereocenters. The molecule has 0 fully saturated rings. The number of carbonyl (C=O) groups excluding carboxylic acids is 1. The first-order chi connectivity index (χ1) is 9.10. The molecule has 0 aliphatic carbocycles. The van der Waals surface area contributed by atoms with Crippen LogP contribution in [0.1, 0.15) is 21.6 Å². The zero-order chi connectivity index (χ0) is 13.8. The molecule has 5 heteroatoms. The highest BCUT2D eigenvalue weighted by Gasteiger charge is 2.09. The second-order valence-corrected chi connectivity index (χ2v) is 4.71. The summed E-state index contributed by atoms with van der Waals surface area (Å²) < 4.78 is 0. The van der Waals surface area contributed by atoms with Crippen molar-refractivity contribution in [3.05, 3.63) is 58.4 Å². The number of pyridine rings is 1. The van der Waals surface area contributed by atoms with E-state index < -0.39 is 0 Å². The molecule has 0 bridgehead atoms. The van der Waals surface area contributed by atoms with Crippen LogP contribution in [0.25, 0.3) is 0 Å². The number of aromatic nitrogens is 1. The first kappa shape index (κ1) is 13.8. The minimum absolute atomic E-state index is 0.195. The van der Waals surface area contributed by atoms with Crippen LogP contribution >= 0.6 is 23.2 Å². The van der Waals surface area contributed by atoms with Gasteiger partial charge in [0, 0.05) is 11.4 Å². The van der Waals surface area contributed by atoms with Crippen molar-refractivity contribution in [2.24, 2.45) is 0 Å². The molecule has 2 rings (SSSR count). The van der Waals surface area contributed by atoms with Crippen LogP contribution in [0, 0.1) is 6.92 Å². The van der Waals surface area contributed by atoms with Crippen molar-refractivity contribution in [1.82, 2.24) is 4.98 Å². The molecule has 98 valence electrons. The standard InChI is InChI=1S/C14H12Cl2N2O/c1-9-12(5-6-13(16)17-9)18-14(19)11-4-2-3-10(7-11)8-15/h2-7H,8H2,1H3,(H,18,19). The molecule has 0 saturated carbocycles. The number of nitrogens with one attached hydrogen (secondary N) is 1. The number of rotatable bonds is 3. The number of hydrogen-bond acceptors (Lipinski definition) is 2. The highest BCUT2D eigenvalue weighted by Crippen LogP contribution is 2.17. The van der Waals surface area contributed by atoms with Crippen molar-refractivity contribution >= 4 is 34.8 Å². The maximum atomic E-state index is 12.1. The fourth-order valence-corrected chi connectivity index (χ4v) is 2.01. The Morgan fingerprint density at radius 2 is 2.11 bits per heavy atom. The van der Waals surface area contributed by atoms with Crippen LogP contribution in [-0.2, 0) is 5.88 Å². The quantitative estimate of drug-likeness (QED) is 0.686. The summed E-state index contributed by atoms with van der Waals surface area (Å²) in [4.78, 5) is 16.2. The Morgan fingerprint density at radius 3 is 2.79 bits per heavy atom. The van der Waals surface area contributed by atoms with Gasteiger partial charge in [-0.05, 0) is 36.8 Å². The summed E-state index contributed by atoms with van der Waals surface area (Å²) in [6, 6.07) is 10.6. The molecule has 0 spiro atoms. The number of benzene rings is 1. The van der Waals surface area contributed by atoms with Gasteiger partial charge in [0.05, 0.1) is 11.4 Å². The van der Waals surface area contributed by atoms with Gasteiger partial charge in [0.15, 0.2) is 0 Å². The number of halogens is 2. The van der Waals surface area contributed by atoms with Crippen LogP contribution in [0.15, 0.2) is 36.4 Å². The molecule has 0 saturated heterocycles. The van der Waals surface area contributed by atoms with E-state index in [0.29, 0.717) is 28.0 Å². The Bertz CT molecular complexity index is 614. The number of hydrogen-bond donors (Lipinski definition) is 1. The SMILES string of the molecule is Cc1nc(Cl)ccc1NC(=O)c1cccc(CCl)c1. The maximum absolute atomic E-state index is 12.1. The largest absolute Gasteiger partial charge is 0.320 e. The first-order valence-electron chi connectivity index (χ1n) is 5.69. The van der Waals surface area contributed by atoms with E-state index in [-0.39, 0.29) is 5.91 Å². The van der Waals surface area contributed by atoms with E-state index in [1.165, 1.54) is 0 Å². The predicted molar refractivity (Wildman–Crippen MR) is 77.9 cm³/mol. The maximum Gasteiger partial charge on any atom is 0.255 e. The summed E-state index contributed by atoms with van der Waals surface area (Å²) in [5.41, 5.74) is 2.78. The smallest absolute Gasteiger partial charge is 0.255 e. The Morgan fingerprint density at radius 1 is 1.32 bits per heavy atom. The fourth-order valence-electron chi connectivity index (χ4n) is 1.65. The highest BCUT2D eigenvalue weighted by molar-refractivity contribution is 6.29. The Kier molecular flexibility index (Phi) is 4.40. The average Bonchev–Trinajstić information content (AvgIpc) is 2.42. The van der Waals surface area contributed by atoms with Gasteiger partial charge < -0.3 is 5.32 Å². The average molecular weight is 295 g/mol. The Labute approximate surface area is 121 Å². The lowest BCUT2D eigenvalue weighted by atomic mass is 10.1. The lowest BCUT2D eigenvalue weighted by Crippen LogP contribution is -2.13. The van der Waals surface area contributed by atoms with Crippen LogP contribution in [0.5, 0.6) is 0 Å². The van der Waals surface area contributed by atoms with Crippen molar-refractivity contribution in [2.75, 3.05) is 5.32 Å². The Hall–Kier alpha value is -1.58. The van der Waals surface area contributed by atoms with Gasteiger partial charge in [-0.3, -0.25) is 4.79 Å². The monoisotopic (exact) mass is 294 g/mol. The summed E-state index contributed by atoms with van der Waals surface area (Å²) >= 11 is 11.5. The predicted octanol–water partition coefficient (Wildman–Crippen LogP) is 4.03. The molecular formula is C14H12Cl2N2O. The normalized spacial score (nSPS) is 10.3. The third kappa shape index (κ3) is 3.46. The van der Waals surface area contributed by atoms with Gasteiger partial charge in [0.25, 0.3) is 5.91 Å². The Balaban J connectivity index is 2.20. The molecule has 0 radical (unpaired) electrons. The van der Waals surface area contributed by atoms with E-state index in [9.17, 15) is 4.79 Å². The van der Waals surface area contributed by atoms with Gasteiger partial charge in [-0.1, -0.05) is 23.7 Å². The zero-order valence-corrected chi connectivity index (χ0v) is 11.8. The van der Waals surface area contributed by atoms with Crippen molar-refractivity contribution in [1.29, 1.82) is 0 Å². The molecule has 1 aromatic heterocycles. The molecule has 19 heavy (non-hydrogen) atoms. The number of nitrogens with zero attached hydrogens (tertiary/aromatic N) is 1. The van der Waals surface area contributed by atoms with Gasteiger partial charge in [0.2, 0.25) is 0 Å². The topological polar surface area (TPSA) is 42.0 Å². The summed E-state index contributed by atoms with van der Waals surface area (Å²) in [5, 5.41) is 3.20. The van der Waals surface area contributed by atoms with Crippen LogP contribution in [0.4, 0.5) is 5.69 Å². The molecule has 0 aliphatic heterocycles. The van der Waals surface area contributed by atoms with Crippen molar-refractivity contribution in [3.8, 4) is 0 Å². The lowest BCUT2D eigenvalue weighted by Gasteiger charge is -2.08. The molecule has 2 aromatic rings. The van der Waals surface area contributed by atoms with Crippen LogP contribution in [0.2, 0.25) is 5.15 Å². The van der Waals surface area contributed by atoms with E-state index >= 15 is 0 Å². The summed E-state index contributed by atoms with van der Waals surface area (Å²) in [5.74, 6) is 0.182. The summed E-state index contributed by atoms with van der Waals surface area (Å²) in [6.45, 7) is 1.79. The van der Waals surface area contributed by atoms with Crippen LogP contribution < -0.4 is 5.32 Å². The number of carbonyl (C=O) groups is 1. The van der Waals surface area contributed by atoms with Crippen LogP contribution in [0.3, 0.4) is 0 Å². The van der Waals surface area contributed by atoms with Gasteiger partial charge in [-0.15, -0.1) is 11.6 Å². The number of alkyl halides is 1. The number of anilines is 1. The molecular weight excluding hydrogens is 283 g/mol. The van der Waals surface area contributed by atoms with E-state index in [1.807, 2.05) is 6.07 Å². The van der Waals surface area contributed by atoms with Crippen LogP contribution in [-0.4, -0.2) is 10.9 Å². The van der Waals surface area contributed by atoms with Crippen molar-refractivity contribution < 1.29 is 4.79 Å². The first-order valence-corrected chi connectivity index (χ1v) is 6.61. The highest BCUT2D eigenvalue weighted by atomic mass is 35.5. The van der Waals surface area contributed by atoms with Gasteiger partial charge >= 0.3 is 0 Å². The third-order valence-electron chi connectivity index (χ3n) is 2.64. The van der Waals surface area contributed by atoms with Gasteiger partial charge in [-0.25, -0.2) is 4.98 Å². The minimum Gasteiger partial charge on any atom is -0.320 e. The molecule has 0 aliphatic rings. The molecule has 1 amide bonds. The van der Waals surface area contributed by atoms with E-state index in [0.717, 1.165) is 5.56 Å². The molecule has 0 atom stereocenters. The van der Waals surface area contributed by atoms with Crippen molar-refractivity contribution in [2.45, 2.75) is 12.8 Å². The molecule has 1 N–H and O–H groups in total. The molecule has 1 heterocycles. The van der Waals surface area contributed by atoms with E-state index in [1.54, 1.807) is 37.3 Å². The summed E-state index contributed by atoms with van der Waals surface area (Å²) in [6.07, 6.45) is 0. The van der Waals surface area contributed by atoms with E-state index in [4.69, 9.17) is 23.2 Å². The third-order valence-corrected chi connectivity index (χ3v) is 3.16.